The zero-order valence-electron chi connectivity index (χ0n) is 17.6. The highest BCUT2D eigenvalue weighted by Crippen LogP contribution is 2.13. The van der Waals surface area contributed by atoms with Crippen LogP contribution in [0.15, 0.2) is 35.7 Å². The van der Waals surface area contributed by atoms with Crippen molar-refractivity contribution < 1.29 is 19.4 Å². The minimum absolute atomic E-state index is 0.0270. The molecule has 0 radical (unpaired) electrons. The predicted octanol–water partition coefficient (Wildman–Crippen LogP) is -0.255. The SMILES string of the molecule is Cc1ccc(NC(=O)C[NH+]2CCN(C(=O)C[NH+](C)Cc3sccc3C)CC2)cc1. The molecule has 1 unspecified atom stereocenters. The molecule has 29 heavy (non-hydrogen) atoms. The largest absolute Gasteiger partial charge is 0.327 e. The van der Waals surface area contributed by atoms with Gasteiger partial charge in [0.15, 0.2) is 13.1 Å². The number of quaternary nitrogens is 2. The van der Waals surface area contributed by atoms with Crippen LogP contribution in [0.4, 0.5) is 5.69 Å². The molecule has 2 aromatic rings. The van der Waals surface area contributed by atoms with E-state index in [1.807, 2.05) is 36.1 Å². The predicted molar refractivity (Wildman–Crippen MR) is 116 cm³/mol. The Morgan fingerprint density at radius 3 is 2.45 bits per heavy atom. The van der Waals surface area contributed by atoms with Gasteiger partial charge in [0.1, 0.15) is 6.54 Å². The van der Waals surface area contributed by atoms with E-state index in [0.717, 1.165) is 38.4 Å². The van der Waals surface area contributed by atoms with E-state index in [1.54, 1.807) is 11.3 Å². The van der Waals surface area contributed by atoms with E-state index in [1.165, 1.54) is 25.8 Å². The molecule has 6 nitrogen and oxygen atoms in total. The lowest BCUT2D eigenvalue weighted by atomic mass is 10.2. The molecule has 0 aliphatic carbocycles. The zero-order chi connectivity index (χ0) is 20.8. The van der Waals surface area contributed by atoms with Crippen LogP contribution in [0.25, 0.3) is 0 Å². The molecule has 7 heteroatoms. The van der Waals surface area contributed by atoms with Crippen molar-refractivity contribution in [3.05, 3.63) is 51.7 Å². The first-order valence-corrected chi connectivity index (χ1v) is 11.1. The van der Waals surface area contributed by atoms with Crippen LogP contribution in [0.3, 0.4) is 0 Å². The van der Waals surface area contributed by atoms with Crippen LogP contribution < -0.4 is 15.1 Å². The van der Waals surface area contributed by atoms with Gasteiger partial charge in [-0.15, -0.1) is 11.3 Å². The topological polar surface area (TPSA) is 58.3 Å². The number of amides is 2. The number of nitrogens with zero attached hydrogens (tertiary/aromatic N) is 1. The summed E-state index contributed by atoms with van der Waals surface area (Å²) in [6, 6.07) is 9.97. The fraction of sp³-hybridized carbons (Fsp3) is 0.455. The van der Waals surface area contributed by atoms with E-state index in [-0.39, 0.29) is 11.8 Å². The number of likely N-dealkylation sites (N-methyl/N-ethyl adjacent to an activating group) is 1. The summed E-state index contributed by atoms with van der Waals surface area (Å²) in [5, 5.41) is 5.07. The zero-order valence-corrected chi connectivity index (χ0v) is 18.4. The fourth-order valence-electron chi connectivity index (χ4n) is 3.61. The standard InChI is InChI=1S/C22H30N4O2S/c1-17-4-6-19(7-5-17)23-21(27)15-25-9-11-26(12-10-25)22(28)16-24(3)14-20-18(2)8-13-29-20/h4-8,13H,9-12,14-16H2,1-3H3,(H,23,27)/p+2. The molecule has 1 saturated heterocycles. The van der Waals surface area contributed by atoms with Crippen LogP contribution >= 0.6 is 11.3 Å². The Labute approximate surface area is 177 Å². The summed E-state index contributed by atoms with van der Waals surface area (Å²) in [7, 11) is 2.08. The number of carbonyl (C=O) groups excluding carboxylic acids is 2. The molecule has 1 fully saturated rings. The van der Waals surface area contributed by atoms with Crippen molar-refractivity contribution in [3.63, 3.8) is 0 Å². The molecule has 1 aliphatic heterocycles. The van der Waals surface area contributed by atoms with Gasteiger partial charge in [-0.1, -0.05) is 17.7 Å². The van der Waals surface area contributed by atoms with Crippen molar-refractivity contribution in [3.8, 4) is 0 Å². The van der Waals surface area contributed by atoms with E-state index in [2.05, 4.69) is 30.7 Å². The molecule has 0 saturated carbocycles. The van der Waals surface area contributed by atoms with Gasteiger partial charge in [0.25, 0.3) is 11.8 Å². The highest BCUT2D eigenvalue weighted by molar-refractivity contribution is 7.10. The molecule has 3 rings (SSSR count). The summed E-state index contributed by atoms with van der Waals surface area (Å²) in [5.74, 6) is 0.235. The molecule has 2 amide bonds. The van der Waals surface area contributed by atoms with Crippen LogP contribution in [0, 0.1) is 13.8 Å². The van der Waals surface area contributed by atoms with Gasteiger partial charge >= 0.3 is 0 Å². The Kier molecular flexibility index (Phi) is 7.41. The number of rotatable bonds is 7. The van der Waals surface area contributed by atoms with Crippen molar-refractivity contribution in [2.24, 2.45) is 0 Å². The molecular formula is C22H32N4O2S+2. The molecular weight excluding hydrogens is 384 g/mol. The van der Waals surface area contributed by atoms with Gasteiger partial charge in [0.05, 0.1) is 38.1 Å². The number of benzene rings is 1. The van der Waals surface area contributed by atoms with Crippen LogP contribution in [-0.2, 0) is 16.1 Å². The lowest BCUT2D eigenvalue weighted by molar-refractivity contribution is -0.896. The third-order valence-corrected chi connectivity index (χ3v) is 6.48. The number of piperazine rings is 1. The third kappa shape index (κ3) is 6.39. The van der Waals surface area contributed by atoms with E-state index < -0.39 is 0 Å². The number of thiophene rings is 1. The summed E-state index contributed by atoms with van der Waals surface area (Å²) >= 11 is 1.76. The number of hydrogen-bond acceptors (Lipinski definition) is 3. The molecule has 0 spiro atoms. The second-order valence-electron chi connectivity index (χ2n) is 8.06. The summed E-state index contributed by atoms with van der Waals surface area (Å²) in [6.45, 7) is 9.07. The van der Waals surface area contributed by atoms with E-state index in [0.29, 0.717) is 13.1 Å². The van der Waals surface area contributed by atoms with Crippen LogP contribution in [0.1, 0.15) is 16.0 Å². The van der Waals surface area contributed by atoms with Gasteiger partial charge in [0, 0.05) is 5.69 Å². The summed E-state index contributed by atoms with van der Waals surface area (Å²) < 4.78 is 0. The van der Waals surface area contributed by atoms with Crippen molar-refractivity contribution >= 4 is 28.8 Å². The number of carbonyl (C=O) groups is 2. The number of nitrogens with one attached hydrogen (secondary N) is 3. The number of anilines is 1. The fourth-order valence-corrected chi connectivity index (χ4v) is 4.63. The van der Waals surface area contributed by atoms with Gasteiger partial charge in [-0.3, -0.25) is 9.59 Å². The number of hydrogen-bond donors (Lipinski definition) is 3. The summed E-state index contributed by atoms with van der Waals surface area (Å²) in [5.41, 5.74) is 3.32. The second-order valence-corrected chi connectivity index (χ2v) is 9.06. The van der Waals surface area contributed by atoms with Gasteiger partial charge in [0.2, 0.25) is 0 Å². The average Bonchev–Trinajstić information content (AvgIpc) is 3.08. The lowest BCUT2D eigenvalue weighted by Crippen LogP contribution is -3.16. The number of aryl methyl sites for hydroxylation is 2. The summed E-state index contributed by atoms with van der Waals surface area (Å²) in [4.78, 5) is 30.7. The Morgan fingerprint density at radius 1 is 1.14 bits per heavy atom. The highest BCUT2D eigenvalue weighted by atomic mass is 32.1. The lowest BCUT2D eigenvalue weighted by Gasteiger charge is -2.32. The molecule has 156 valence electrons. The molecule has 1 aromatic carbocycles. The average molecular weight is 417 g/mol. The maximum absolute atomic E-state index is 12.6. The molecule has 2 heterocycles. The van der Waals surface area contributed by atoms with Gasteiger partial charge in [-0.05, 0) is 43.0 Å². The minimum atomic E-state index is 0.0270. The molecule has 3 N–H and O–H groups in total. The smallest absolute Gasteiger partial charge is 0.279 e. The van der Waals surface area contributed by atoms with Crippen molar-refractivity contribution in [2.75, 3.05) is 51.6 Å². The first-order chi connectivity index (χ1) is 13.9. The van der Waals surface area contributed by atoms with Gasteiger partial charge in [-0.25, -0.2) is 0 Å². The van der Waals surface area contributed by atoms with E-state index in [4.69, 9.17) is 0 Å². The highest BCUT2D eigenvalue weighted by Gasteiger charge is 2.27. The molecule has 1 atom stereocenters. The first-order valence-electron chi connectivity index (χ1n) is 10.2. The van der Waals surface area contributed by atoms with Gasteiger partial charge < -0.3 is 20.0 Å². The van der Waals surface area contributed by atoms with Gasteiger partial charge in [-0.2, -0.15) is 0 Å². The third-order valence-electron chi connectivity index (χ3n) is 5.45. The van der Waals surface area contributed by atoms with E-state index >= 15 is 0 Å². The second kappa shape index (κ2) is 10.0. The van der Waals surface area contributed by atoms with Crippen molar-refractivity contribution in [2.45, 2.75) is 20.4 Å². The monoisotopic (exact) mass is 416 g/mol. The van der Waals surface area contributed by atoms with Crippen LogP contribution in [0.5, 0.6) is 0 Å². The van der Waals surface area contributed by atoms with Crippen LogP contribution in [0.2, 0.25) is 0 Å². The van der Waals surface area contributed by atoms with Crippen molar-refractivity contribution in [1.29, 1.82) is 0 Å². The molecule has 1 aliphatic rings. The molecule has 1 aromatic heterocycles. The molecule has 0 bridgehead atoms. The Morgan fingerprint density at radius 2 is 1.83 bits per heavy atom. The normalized spacial score (nSPS) is 15.9. The van der Waals surface area contributed by atoms with Crippen LogP contribution in [-0.4, -0.2) is 63.0 Å². The Bertz CT molecular complexity index is 826. The Hall–Kier alpha value is -2.22. The Balaban J connectivity index is 1.39. The first kappa shape index (κ1) is 21.5. The quantitative estimate of drug-likeness (QED) is 0.583. The summed E-state index contributed by atoms with van der Waals surface area (Å²) in [6.07, 6.45) is 0. The maximum atomic E-state index is 12.6. The maximum Gasteiger partial charge on any atom is 0.279 e. The van der Waals surface area contributed by atoms with E-state index in [9.17, 15) is 9.59 Å². The van der Waals surface area contributed by atoms with Crippen molar-refractivity contribution in [1.82, 2.24) is 4.90 Å². The minimum Gasteiger partial charge on any atom is -0.327 e.